The molecule has 1 aliphatic heterocycles. The summed E-state index contributed by atoms with van der Waals surface area (Å²) in [5, 5.41) is 6.38. The maximum atomic E-state index is 12.0. The maximum absolute atomic E-state index is 12.0. The molecule has 1 rings (SSSR count). The van der Waals surface area contributed by atoms with Gasteiger partial charge in [-0.25, -0.2) is 0 Å². The van der Waals surface area contributed by atoms with Gasteiger partial charge in [-0.2, -0.15) is 0 Å². The molecule has 0 aromatic heterocycles. The number of hydrogen-bond acceptors (Lipinski definition) is 2. The van der Waals surface area contributed by atoms with Crippen molar-refractivity contribution in [2.75, 3.05) is 13.1 Å². The van der Waals surface area contributed by atoms with Crippen LogP contribution < -0.4 is 10.6 Å². The standard InChI is InChI=1S/C12H24N2O.ClH/c1-9(2)7-12(3,4)11(15)14-10-5-6-13-8-10;/h9-10,13H,5-8H2,1-4H3,(H,14,15);1H. The highest BCUT2D eigenvalue weighted by Crippen LogP contribution is 2.25. The number of nitrogens with one attached hydrogen (secondary N) is 2. The molecule has 0 radical (unpaired) electrons. The van der Waals surface area contributed by atoms with Crippen LogP contribution in [0.3, 0.4) is 0 Å². The Morgan fingerprint density at radius 2 is 2.12 bits per heavy atom. The van der Waals surface area contributed by atoms with Crippen LogP contribution in [-0.2, 0) is 4.79 Å². The lowest BCUT2D eigenvalue weighted by Gasteiger charge is -2.27. The Balaban J connectivity index is 0.00000225. The van der Waals surface area contributed by atoms with E-state index in [4.69, 9.17) is 0 Å². The highest BCUT2D eigenvalue weighted by molar-refractivity contribution is 5.85. The van der Waals surface area contributed by atoms with Crippen molar-refractivity contribution < 1.29 is 4.79 Å². The molecule has 0 saturated carbocycles. The van der Waals surface area contributed by atoms with Crippen molar-refractivity contribution in [1.82, 2.24) is 10.6 Å². The van der Waals surface area contributed by atoms with Gasteiger partial charge in [-0.1, -0.05) is 27.7 Å². The zero-order valence-electron chi connectivity index (χ0n) is 10.8. The highest BCUT2D eigenvalue weighted by atomic mass is 35.5. The molecule has 1 atom stereocenters. The number of halogens is 1. The molecule has 0 bridgehead atoms. The van der Waals surface area contributed by atoms with Gasteiger partial charge in [0.1, 0.15) is 0 Å². The topological polar surface area (TPSA) is 41.1 Å². The molecule has 1 amide bonds. The number of carbonyl (C=O) groups is 1. The molecule has 0 spiro atoms. The Morgan fingerprint density at radius 3 is 2.56 bits per heavy atom. The lowest BCUT2D eigenvalue weighted by Crippen LogP contribution is -2.44. The van der Waals surface area contributed by atoms with Gasteiger partial charge in [-0.3, -0.25) is 4.79 Å². The first kappa shape index (κ1) is 15.7. The zero-order valence-corrected chi connectivity index (χ0v) is 11.6. The fraction of sp³-hybridized carbons (Fsp3) is 0.917. The molecule has 1 aliphatic rings. The number of amides is 1. The second-order valence-corrected chi connectivity index (χ2v) is 5.65. The van der Waals surface area contributed by atoms with Gasteiger partial charge in [0.05, 0.1) is 0 Å². The fourth-order valence-corrected chi connectivity index (χ4v) is 2.27. The Morgan fingerprint density at radius 1 is 1.50 bits per heavy atom. The molecule has 3 nitrogen and oxygen atoms in total. The third-order valence-electron chi connectivity index (χ3n) is 2.93. The third kappa shape index (κ3) is 4.71. The molecule has 0 aliphatic carbocycles. The lowest BCUT2D eigenvalue weighted by molar-refractivity contribution is -0.130. The average Bonchev–Trinajstić information content (AvgIpc) is 2.54. The van der Waals surface area contributed by atoms with Crippen molar-refractivity contribution in [3.05, 3.63) is 0 Å². The summed E-state index contributed by atoms with van der Waals surface area (Å²) in [6.45, 7) is 10.3. The van der Waals surface area contributed by atoms with Crippen molar-refractivity contribution in [1.29, 1.82) is 0 Å². The van der Waals surface area contributed by atoms with Crippen LogP contribution in [0.5, 0.6) is 0 Å². The third-order valence-corrected chi connectivity index (χ3v) is 2.93. The summed E-state index contributed by atoms with van der Waals surface area (Å²) in [6, 6.07) is 0.337. The molecule has 0 aromatic rings. The minimum absolute atomic E-state index is 0. The Labute approximate surface area is 105 Å². The number of carbonyl (C=O) groups excluding carboxylic acids is 1. The van der Waals surface area contributed by atoms with Gasteiger partial charge in [0.2, 0.25) is 5.91 Å². The van der Waals surface area contributed by atoms with E-state index in [0.717, 1.165) is 25.9 Å². The maximum Gasteiger partial charge on any atom is 0.225 e. The minimum atomic E-state index is -0.239. The van der Waals surface area contributed by atoms with Gasteiger partial charge < -0.3 is 10.6 Å². The molecule has 1 unspecified atom stereocenters. The largest absolute Gasteiger partial charge is 0.352 e. The van der Waals surface area contributed by atoms with Gasteiger partial charge in [0.25, 0.3) is 0 Å². The van der Waals surface area contributed by atoms with Crippen LogP contribution in [0, 0.1) is 11.3 Å². The van der Waals surface area contributed by atoms with Crippen LogP contribution in [0.1, 0.15) is 40.5 Å². The second kappa shape index (κ2) is 6.45. The van der Waals surface area contributed by atoms with Crippen LogP contribution in [0.25, 0.3) is 0 Å². The summed E-state index contributed by atoms with van der Waals surface area (Å²) in [5.41, 5.74) is -0.239. The average molecular weight is 249 g/mol. The molecule has 16 heavy (non-hydrogen) atoms. The Hall–Kier alpha value is -0.280. The quantitative estimate of drug-likeness (QED) is 0.799. The molecule has 2 N–H and O–H groups in total. The Kier molecular flexibility index (Phi) is 6.34. The highest BCUT2D eigenvalue weighted by Gasteiger charge is 2.30. The first-order valence-corrected chi connectivity index (χ1v) is 5.93. The van der Waals surface area contributed by atoms with E-state index in [1.165, 1.54) is 0 Å². The molecule has 1 saturated heterocycles. The van der Waals surface area contributed by atoms with Crippen LogP contribution in [-0.4, -0.2) is 25.0 Å². The van der Waals surface area contributed by atoms with E-state index in [-0.39, 0.29) is 23.7 Å². The van der Waals surface area contributed by atoms with Crippen LogP contribution in [0.4, 0.5) is 0 Å². The second-order valence-electron chi connectivity index (χ2n) is 5.65. The van der Waals surface area contributed by atoms with Gasteiger partial charge in [-0.15, -0.1) is 12.4 Å². The van der Waals surface area contributed by atoms with Crippen LogP contribution in [0.15, 0.2) is 0 Å². The summed E-state index contributed by atoms with van der Waals surface area (Å²) >= 11 is 0. The monoisotopic (exact) mass is 248 g/mol. The fourth-order valence-electron chi connectivity index (χ4n) is 2.27. The van der Waals surface area contributed by atoms with Crippen molar-refractivity contribution in [3.8, 4) is 0 Å². The predicted octanol–water partition coefficient (Wildman–Crippen LogP) is 1.96. The first-order chi connectivity index (χ1) is 6.92. The number of hydrogen-bond donors (Lipinski definition) is 2. The first-order valence-electron chi connectivity index (χ1n) is 5.93. The van der Waals surface area contributed by atoms with E-state index in [1.54, 1.807) is 0 Å². The molecule has 4 heteroatoms. The zero-order chi connectivity index (χ0) is 11.5. The van der Waals surface area contributed by atoms with Crippen molar-refractivity contribution in [2.45, 2.75) is 46.6 Å². The summed E-state index contributed by atoms with van der Waals surface area (Å²) in [5.74, 6) is 0.761. The molecule has 0 aromatic carbocycles. The van der Waals surface area contributed by atoms with E-state index >= 15 is 0 Å². The summed E-state index contributed by atoms with van der Waals surface area (Å²) in [4.78, 5) is 12.0. The minimum Gasteiger partial charge on any atom is -0.352 e. The number of rotatable bonds is 4. The van der Waals surface area contributed by atoms with Crippen molar-refractivity contribution in [3.63, 3.8) is 0 Å². The Bertz CT molecular complexity index is 223. The van der Waals surface area contributed by atoms with Crippen molar-refractivity contribution >= 4 is 18.3 Å². The van der Waals surface area contributed by atoms with E-state index < -0.39 is 0 Å². The van der Waals surface area contributed by atoms with Gasteiger partial charge in [-0.05, 0) is 25.3 Å². The van der Waals surface area contributed by atoms with Gasteiger partial charge in [0, 0.05) is 18.0 Å². The van der Waals surface area contributed by atoms with E-state index in [1.807, 2.05) is 13.8 Å². The van der Waals surface area contributed by atoms with Gasteiger partial charge >= 0.3 is 0 Å². The van der Waals surface area contributed by atoms with Crippen molar-refractivity contribution in [2.24, 2.45) is 11.3 Å². The molecular formula is C12H25ClN2O. The smallest absolute Gasteiger partial charge is 0.225 e. The van der Waals surface area contributed by atoms with E-state index in [2.05, 4.69) is 24.5 Å². The predicted molar refractivity (Wildman–Crippen MR) is 69.9 cm³/mol. The summed E-state index contributed by atoms with van der Waals surface area (Å²) < 4.78 is 0. The van der Waals surface area contributed by atoms with Gasteiger partial charge in [0.15, 0.2) is 0 Å². The molecular weight excluding hydrogens is 224 g/mol. The molecule has 96 valence electrons. The molecule has 1 fully saturated rings. The summed E-state index contributed by atoms with van der Waals surface area (Å²) in [7, 11) is 0. The van der Waals surface area contributed by atoms with Crippen LogP contribution >= 0.6 is 12.4 Å². The SMILES string of the molecule is CC(C)CC(C)(C)C(=O)NC1CCNC1.Cl. The molecule has 1 heterocycles. The summed E-state index contributed by atoms with van der Waals surface area (Å²) in [6.07, 6.45) is 2.00. The van der Waals surface area contributed by atoms with Crippen LogP contribution in [0.2, 0.25) is 0 Å². The normalized spacial score (nSPS) is 20.7. The van der Waals surface area contributed by atoms with E-state index in [9.17, 15) is 4.79 Å². The van der Waals surface area contributed by atoms with E-state index in [0.29, 0.717) is 12.0 Å². The lowest BCUT2D eigenvalue weighted by atomic mass is 9.83.